The van der Waals surface area contributed by atoms with E-state index in [0.29, 0.717) is 0 Å². The van der Waals surface area contributed by atoms with Crippen LogP contribution in [0.1, 0.15) is 36.3 Å². The molecule has 0 N–H and O–H groups in total. The second-order valence-corrected chi connectivity index (χ2v) is 6.83. The van der Waals surface area contributed by atoms with Crippen LogP contribution in [-0.4, -0.2) is 10.8 Å². The highest BCUT2D eigenvalue weighted by Gasteiger charge is 2.34. The summed E-state index contributed by atoms with van der Waals surface area (Å²) in [5.41, 5.74) is 3.49. The topological polar surface area (TPSA) is 30.0 Å². The predicted molar refractivity (Wildman–Crippen MR) is 83.8 cm³/mol. The number of aryl methyl sites for hydroxylation is 1. The van der Waals surface area contributed by atoms with Crippen molar-refractivity contribution in [3.8, 4) is 11.3 Å². The number of pyridine rings is 1. The molecule has 0 unspecified atom stereocenters. The van der Waals surface area contributed by atoms with Gasteiger partial charge in [-0.1, -0.05) is 41.9 Å². The molecular formula is C17H16BrNO. The van der Waals surface area contributed by atoms with E-state index in [-0.39, 0.29) is 11.2 Å². The number of rotatable bonds is 1. The van der Waals surface area contributed by atoms with Gasteiger partial charge in [0.2, 0.25) is 0 Å². The summed E-state index contributed by atoms with van der Waals surface area (Å²) in [5.74, 6) is 0.216. The average Bonchev–Trinajstić information content (AvgIpc) is 2.44. The molecule has 2 nitrogen and oxygen atoms in total. The summed E-state index contributed by atoms with van der Waals surface area (Å²) in [5, 5.41) is 0. The first-order valence-electron chi connectivity index (χ1n) is 6.78. The third kappa shape index (κ3) is 2.31. The SMILES string of the molecule is CC1(C)CCc2nc(-c3ccc(Br)cc3)ccc2C1=O. The molecule has 1 aliphatic carbocycles. The highest BCUT2D eigenvalue weighted by molar-refractivity contribution is 9.10. The Kier molecular flexibility index (Phi) is 3.25. The van der Waals surface area contributed by atoms with E-state index in [1.807, 2.05) is 50.2 Å². The third-order valence-corrected chi connectivity index (χ3v) is 4.49. The van der Waals surface area contributed by atoms with E-state index in [0.717, 1.165) is 39.8 Å². The van der Waals surface area contributed by atoms with Crippen molar-refractivity contribution in [3.63, 3.8) is 0 Å². The molecule has 1 aromatic heterocycles. The number of halogens is 1. The van der Waals surface area contributed by atoms with Gasteiger partial charge < -0.3 is 0 Å². The Morgan fingerprint density at radius 3 is 2.50 bits per heavy atom. The molecule has 20 heavy (non-hydrogen) atoms. The summed E-state index contributed by atoms with van der Waals surface area (Å²) >= 11 is 3.43. The second-order valence-electron chi connectivity index (χ2n) is 5.91. The first-order chi connectivity index (χ1) is 9.47. The quantitative estimate of drug-likeness (QED) is 0.761. The van der Waals surface area contributed by atoms with E-state index in [9.17, 15) is 4.79 Å². The van der Waals surface area contributed by atoms with Gasteiger partial charge in [0.15, 0.2) is 5.78 Å². The Morgan fingerprint density at radius 2 is 1.80 bits per heavy atom. The zero-order valence-electron chi connectivity index (χ0n) is 11.6. The van der Waals surface area contributed by atoms with Gasteiger partial charge in [0.05, 0.1) is 11.4 Å². The van der Waals surface area contributed by atoms with Crippen molar-refractivity contribution in [2.45, 2.75) is 26.7 Å². The van der Waals surface area contributed by atoms with Gasteiger partial charge in [-0.15, -0.1) is 0 Å². The number of nitrogens with zero attached hydrogens (tertiary/aromatic N) is 1. The van der Waals surface area contributed by atoms with Crippen molar-refractivity contribution in [1.29, 1.82) is 0 Å². The Hall–Kier alpha value is -1.48. The van der Waals surface area contributed by atoms with E-state index >= 15 is 0 Å². The molecule has 2 aromatic rings. The summed E-state index contributed by atoms with van der Waals surface area (Å²) < 4.78 is 1.05. The molecular weight excluding hydrogens is 314 g/mol. The molecule has 0 bridgehead atoms. The number of aromatic nitrogens is 1. The fraction of sp³-hybridized carbons (Fsp3) is 0.294. The van der Waals surface area contributed by atoms with Gasteiger partial charge in [0, 0.05) is 21.0 Å². The Labute approximate surface area is 127 Å². The van der Waals surface area contributed by atoms with Crippen molar-refractivity contribution in [1.82, 2.24) is 4.98 Å². The number of hydrogen-bond donors (Lipinski definition) is 0. The van der Waals surface area contributed by atoms with Gasteiger partial charge in [0.1, 0.15) is 0 Å². The van der Waals surface area contributed by atoms with Crippen LogP contribution in [-0.2, 0) is 6.42 Å². The van der Waals surface area contributed by atoms with E-state index in [1.165, 1.54) is 0 Å². The highest BCUT2D eigenvalue weighted by Crippen LogP contribution is 2.34. The number of benzene rings is 1. The summed E-state index contributed by atoms with van der Waals surface area (Å²) in [6, 6.07) is 12.0. The predicted octanol–water partition coefficient (Wildman–Crippen LogP) is 4.67. The molecule has 3 rings (SSSR count). The molecule has 0 amide bonds. The lowest BCUT2D eigenvalue weighted by atomic mass is 9.75. The maximum atomic E-state index is 12.4. The minimum absolute atomic E-state index is 0.216. The van der Waals surface area contributed by atoms with Crippen molar-refractivity contribution in [2.75, 3.05) is 0 Å². The van der Waals surface area contributed by atoms with Crippen LogP contribution in [0.5, 0.6) is 0 Å². The Balaban J connectivity index is 2.03. The first kappa shape index (κ1) is 13.5. The monoisotopic (exact) mass is 329 g/mol. The van der Waals surface area contributed by atoms with Gasteiger partial charge in [-0.2, -0.15) is 0 Å². The lowest BCUT2D eigenvalue weighted by Crippen LogP contribution is -2.31. The molecule has 3 heteroatoms. The van der Waals surface area contributed by atoms with Crippen LogP contribution in [0.4, 0.5) is 0 Å². The molecule has 0 radical (unpaired) electrons. The standard InChI is InChI=1S/C17H16BrNO/c1-17(2)10-9-15-13(16(17)20)7-8-14(19-15)11-3-5-12(18)6-4-11/h3-8H,9-10H2,1-2H3. The minimum Gasteiger partial charge on any atom is -0.294 e. The van der Waals surface area contributed by atoms with Crippen LogP contribution in [0.3, 0.4) is 0 Å². The summed E-state index contributed by atoms with van der Waals surface area (Å²) in [7, 11) is 0. The fourth-order valence-corrected chi connectivity index (χ4v) is 2.85. The maximum absolute atomic E-state index is 12.4. The summed E-state index contributed by atoms with van der Waals surface area (Å²) in [4.78, 5) is 17.1. The smallest absolute Gasteiger partial charge is 0.170 e. The van der Waals surface area contributed by atoms with Crippen LogP contribution >= 0.6 is 15.9 Å². The van der Waals surface area contributed by atoms with Crippen molar-refractivity contribution in [2.24, 2.45) is 5.41 Å². The molecule has 0 spiro atoms. The molecule has 0 atom stereocenters. The molecule has 1 aliphatic rings. The molecule has 0 saturated heterocycles. The first-order valence-corrected chi connectivity index (χ1v) is 7.57. The number of ketones is 1. The minimum atomic E-state index is -0.256. The summed E-state index contributed by atoms with van der Waals surface area (Å²) in [6.45, 7) is 4.03. The zero-order valence-corrected chi connectivity index (χ0v) is 13.2. The number of carbonyl (C=O) groups excluding carboxylic acids is 1. The molecule has 102 valence electrons. The van der Waals surface area contributed by atoms with Gasteiger partial charge >= 0.3 is 0 Å². The van der Waals surface area contributed by atoms with E-state index in [4.69, 9.17) is 4.98 Å². The van der Waals surface area contributed by atoms with E-state index in [2.05, 4.69) is 15.9 Å². The molecule has 0 aliphatic heterocycles. The molecule has 1 aromatic carbocycles. The van der Waals surface area contributed by atoms with Crippen molar-refractivity contribution >= 4 is 21.7 Å². The van der Waals surface area contributed by atoms with E-state index < -0.39 is 0 Å². The summed E-state index contributed by atoms with van der Waals surface area (Å²) in [6.07, 6.45) is 1.74. The van der Waals surface area contributed by atoms with E-state index in [1.54, 1.807) is 0 Å². The molecule has 0 fully saturated rings. The average molecular weight is 330 g/mol. The van der Waals surface area contributed by atoms with Crippen LogP contribution in [0, 0.1) is 5.41 Å². The zero-order chi connectivity index (χ0) is 14.3. The normalized spacial score (nSPS) is 16.9. The Bertz CT molecular complexity index is 674. The van der Waals surface area contributed by atoms with Crippen LogP contribution in [0.15, 0.2) is 40.9 Å². The number of fused-ring (bicyclic) bond motifs is 1. The number of hydrogen-bond acceptors (Lipinski definition) is 2. The van der Waals surface area contributed by atoms with Gasteiger partial charge in [-0.25, -0.2) is 0 Å². The van der Waals surface area contributed by atoms with Crippen LogP contribution in [0.25, 0.3) is 11.3 Å². The van der Waals surface area contributed by atoms with Gasteiger partial charge in [0.25, 0.3) is 0 Å². The van der Waals surface area contributed by atoms with Crippen LogP contribution < -0.4 is 0 Å². The van der Waals surface area contributed by atoms with Crippen LogP contribution in [0.2, 0.25) is 0 Å². The Morgan fingerprint density at radius 1 is 1.10 bits per heavy atom. The van der Waals surface area contributed by atoms with Gasteiger partial charge in [-0.3, -0.25) is 9.78 Å². The van der Waals surface area contributed by atoms with Crippen molar-refractivity contribution in [3.05, 3.63) is 52.1 Å². The largest absolute Gasteiger partial charge is 0.294 e. The van der Waals surface area contributed by atoms with Crippen molar-refractivity contribution < 1.29 is 4.79 Å². The molecule has 1 heterocycles. The molecule has 0 saturated carbocycles. The number of carbonyl (C=O) groups is 1. The third-order valence-electron chi connectivity index (χ3n) is 3.96. The lowest BCUT2D eigenvalue weighted by molar-refractivity contribution is 0.0809. The maximum Gasteiger partial charge on any atom is 0.170 e. The van der Waals surface area contributed by atoms with Gasteiger partial charge in [-0.05, 0) is 37.1 Å². The second kappa shape index (κ2) is 4.81. The highest BCUT2D eigenvalue weighted by atomic mass is 79.9. The lowest BCUT2D eigenvalue weighted by Gasteiger charge is -2.29. The fourth-order valence-electron chi connectivity index (χ4n) is 2.59. The number of Topliss-reactive ketones (excluding diaryl/α,β-unsaturated/α-hetero) is 1.